The average molecular weight is 355 g/mol. The molecule has 3 aromatic carbocycles. The van der Waals surface area contributed by atoms with Gasteiger partial charge in [0, 0.05) is 36.8 Å². The molecule has 0 saturated heterocycles. The Balaban J connectivity index is 1.69. The van der Waals surface area contributed by atoms with Crippen molar-refractivity contribution in [1.29, 1.82) is 0 Å². The van der Waals surface area contributed by atoms with E-state index in [1.54, 1.807) is 36.5 Å². The molecule has 0 aliphatic carbocycles. The number of pyridine rings is 1. The van der Waals surface area contributed by atoms with E-state index in [0.29, 0.717) is 27.8 Å². The minimum atomic E-state index is -2.29. The number of nitrogens with zero attached hydrogens (tertiary/aromatic N) is 1. The van der Waals surface area contributed by atoms with Gasteiger partial charge in [-0.05, 0) is 42.0 Å². The number of furan rings is 1. The van der Waals surface area contributed by atoms with Crippen molar-refractivity contribution < 1.29 is 12.6 Å². The van der Waals surface area contributed by atoms with Gasteiger partial charge in [-0.3, -0.25) is 4.98 Å². The first kappa shape index (κ1) is 10.7. The van der Waals surface area contributed by atoms with Crippen molar-refractivity contribution in [2.75, 3.05) is 0 Å². The maximum atomic E-state index is 7.94. The van der Waals surface area contributed by atoms with Gasteiger partial charge in [0.05, 0.1) is 5.69 Å². The lowest BCUT2D eigenvalue weighted by molar-refractivity contribution is 0.665. The molecule has 0 atom stereocenters. The van der Waals surface area contributed by atoms with E-state index in [9.17, 15) is 0 Å². The molecular formula is C25H19NO. The molecule has 0 aliphatic rings. The van der Waals surface area contributed by atoms with Crippen molar-refractivity contribution >= 4 is 21.9 Å². The molecule has 0 spiro atoms. The number of rotatable bonds is 2. The summed E-state index contributed by atoms with van der Waals surface area (Å²) < 4.78 is 53.2. The number of hydrogen-bond acceptors (Lipinski definition) is 2. The molecule has 0 radical (unpaired) electrons. The number of para-hydroxylation sites is 1. The van der Waals surface area contributed by atoms with Gasteiger partial charge in [0.25, 0.3) is 0 Å². The third-order valence-electron chi connectivity index (χ3n) is 4.78. The summed E-state index contributed by atoms with van der Waals surface area (Å²) in [7, 11) is 0. The maximum Gasteiger partial charge on any atom is 0.139 e. The van der Waals surface area contributed by atoms with Gasteiger partial charge in [-0.1, -0.05) is 60.7 Å². The van der Waals surface area contributed by atoms with Crippen molar-refractivity contribution in [3.8, 4) is 22.4 Å². The van der Waals surface area contributed by atoms with E-state index < -0.39 is 13.7 Å². The summed E-state index contributed by atoms with van der Waals surface area (Å²) in [4.78, 5) is 4.58. The van der Waals surface area contributed by atoms with Gasteiger partial charge in [0.15, 0.2) is 0 Å². The van der Waals surface area contributed by atoms with E-state index in [0.717, 1.165) is 16.5 Å². The summed E-state index contributed by atoms with van der Waals surface area (Å²) >= 11 is 0. The lowest BCUT2D eigenvalue weighted by Crippen LogP contribution is -1.87. The van der Waals surface area contributed by atoms with Crippen LogP contribution in [0.25, 0.3) is 44.3 Å². The molecular weight excluding hydrogens is 330 g/mol. The fourth-order valence-corrected chi connectivity index (χ4v) is 3.41. The van der Waals surface area contributed by atoms with Gasteiger partial charge >= 0.3 is 0 Å². The summed E-state index contributed by atoms with van der Waals surface area (Å²) in [5.41, 5.74) is 4.03. The largest absolute Gasteiger partial charge is 0.456 e. The predicted octanol–water partition coefficient (Wildman–Crippen LogP) is 6.93. The van der Waals surface area contributed by atoms with Gasteiger partial charge in [-0.15, -0.1) is 0 Å². The Labute approximate surface area is 166 Å². The third kappa shape index (κ3) is 2.61. The van der Waals surface area contributed by atoms with Crippen molar-refractivity contribution in [2.45, 2.75) is 13.7 Å². The van der Waals surface area contributed by atoms with Gasteiger partial charge in [-0.2, -0.15) is 0 Å². The molecule has 27 heavy (non-hydrogen) atoms. The first-order chi connectivity index (χ1) is 15.6. The molecule has 0 unspecified atom stereocenters. The third-order valence-corrected chi connectivity index (χ3v) is 4.78. The van der Waals surface area contributed by atoms with Crippen molar-refractivity contribution in [2.24, 2.45) is 0 Å². The van der Waals surface area contributed by atoms with Crippen molar-refractivity contribution in [1.82, 2.24) is 4.98 Å². The normalized spacial score (nSPS) is 15.6. The van der Waals surface area contributed by atoms with E-state index in [1.807, 2.05) is 42.5 Å². The lowest BCUT2D eigenvalue weighted by atomic mass is 9.97. The first-order valence-corrected chi connectivity index (χ1v) is 8.65. The molecule has 0 N–H and O–H groups in total. The van der Waals surface area contributed by atoms with Crippen LogP contribution >= 0.6 is 0 Å². The Morgan fingerprint density at radius 1 is 0.778 bits per heavy atom. The Morgan fingerprint density at radius 2 is 1.67 bits per heavy atom. The van der Waals surface area contributed by atoms with Crippen LogP contribution in [0.4, 0.5) is 0 Å². The van der Waals surface area contributed by atoms with Crippen LogP contribution in [0.1, 0.15) is 19.4 Å². The van der Waals surface area contributed by atoms with Crippen molar-refractivity contribution in [3.63, 3.8) is 0 Å². The number of aryl methyl sites for hydroxylation is 2. The second-order valence-corrected chi connectivity index (χ2v) is 6.48. The lowest BCUT2D eigenvalue weighted by Gasteiger charge is -2.09. The van der Waals surface area contributed by atoms with E-state index >= 15 is 0 Å². The number of fused-ring (bicyclic) bond motifs is 3. The zero-order chi connectivity index (χ0) is 23.4. The zero-order valence-electron chi connectivity index (χ0n) is 20.4. The van der Waals surface area contributed by atoms with Crippen LogP contribution in [0.5, 0.6) is 0 Å². The van der Waals surface area contributed by atoms with Crippen LogP contribution in [0.3, 0.4) is 0 Å². The number of benzene rings is 3. The van der Waals surface area contributed by atoms with E-state index in [4.69, 9.17) is 12.6 Å². The highest BCUT2D eigenvalue weighted by atomic mass is 16.3. The minimum absolute atomic E-state index is 0.158. The fraction of sp³-hybridized carbons (Fsp3) is 0.0800. The molecule has 0 bridgehead atoms. The summed E-state index contributed by atoms with van der Waals surface area (Å²) in [5, 5.41) is 1.42. The number of hydrogen-bond donors (Lipinski definition) is 0. The van der Waals surface area contributed by atoms with Crippen LogP contribution < -0.4 is 0 Å². The molecule has 5 rings (SSSR count). The molecule has 0 aliphatic heterocycles. The van der Waals surface area contributed by atoms with E-state index in [1.165, 1.54) is 0 Å². The Morgan fingerprint density at radius 3 is 2.52 bits per heavy atom. The molecule has 2 aromatic heterocycles. The molecule has 5 aromatic rings. The van der Waals surface area contributed by atoms with Crippen LogP contribution in [0.15, 0.2) is 83.4 Å². The van der Waals surface area contributed by atoms with E-state index in [2.05, 4.69) is 4.98 Å². The van der Waals surface area contributed by atoms with Gasteiger partial charge in [0.2, 0.25) is 0 Å². The van der Waals surface area contributed by atoms with E-state index in [-0.39, 0.29) is 11.1 Å². The molecule has 130 valence electrons. The number of aromatic nitrogens is 1. The molecule has 0 amide bonds. The second-order valence-electron chi connectivity index (χ2n) is 6.48. The van der Waals surface area contributed by atoms with Crippen LogP contribution in [0.2, 0.25) is 0 Å². The highest BCUT2D eigenvalue weighted by Gasteiger charge is 2.12. The minimum Gasteiger partial charge on any atom is -0.456 e. The van der Waals surface area contributed by atoms with Crippen LogP contribution in [-0.4, -0.2) is 4.98 Å². The molecule has 2 heteroatoms. The average Bonchev–Trinajstić information content (AvgIpc) is 3.16. The maximum absolute atomic E-state index is 7.94. The summed E-state index contributed by atoms with van der Waals surface area (Å²) in [6.07, 6.45) is 1.67. The van der Waals surface area contributed by atoms with Gasteiger partial charge in [0.1, 0.15) is 11.2 Å². The highest BCUT2D eigenvalue weighted by molar-refractivity contribution is 6.06. The fourth-order valence-electron chi connectivity index (χ4n) is 3.41. The van der Waals surface area contributed by atoms with Gasteiger partial charge < -0.3 is 4.42 Å². The Hall–Kier alpha value is -3.39. The zero-order valence-corrected chi connectivity index (χ0v) is 14.4. The predicted molar refractivity (Wildman–Crippen MR) is 112 cm³/mol. The summed E-state index contributed by atoms with van der Waals surface area (Å²) in [6, 6.07) is 21.4. The van der Waals surface area contributed by atoms with Gasteiger partial charge in [-0.25, -0.2) is 0 Å². The standard InChI is InChI=1S/C25H19NO/c1-16-11-12-19(13-21(16)18-8-4-3-5-9-18)23-14-24-22(15-26-23)20-10-6-7-17(2)25(20)27-24/h3-15H,1-2H3/i1D3,2D3. The molecule has 0 fully saturated rings. The monoisotopic (exact) mass is 355 g/mol. The van der Waals surface area contributed by atoms with Crippen molar-refractivity contribution in [3.05, 3.63) is 90.1 Å². The smallest absolute Gasteiger partial charge is 0.139 e. The quantitative estimate of drug-likeness (QED) is 0.343. The highest BCUT2D eigenvalue weighted by Crippen LogP contribution is 2.34. The molecule has 0 saturated carbocycles. The molecule has 2 nitrogen and oxygen atoms in total. The Bertz CT molecular complexity index is 1480. The van der Waals surface area contributed by atoms with Crippen LogP contribution in [0, 0.1) is 13.7 Å². The summed E-state index contributed by atoms with van der Waals surface area (Å²) in [5.74, 6) is 0. The van der Waals surface area contributed by atoms with Crippen LogP contribution in [-0.2, 0) is 0 Å². The second kappa shape index (κ2) is 6.10. The SMILES string of the molecule is [2H]C([2H])([2H])c1ccc(-c2cc3oc4c(C([2H])([2H])[2H])cccc4c3cn2)cc1-c1ccccc1. The Kier molecular flexibility index (Phi) is 2.41. The topological polar surface area (TPSA) is 26.0 Å². The summed E-state index contributed by atoms with van der Waals surface area (Å²) in [6.45, 7) is -4.55. The first-order valence-electron chi connectivity index (χ1n) is 11.6. The molecule has 2 heterocycles.